The SMILES string of the molecule is O=S(=O)(c1ccccc1)n1cc(I)c2ccc(Br)cc21. The molecule has 0 radical (unpaired) electrons. The molecule has 20 heavy (non-hydrogen) atoms. The summed E-state index contributed by atoms with van der Waals surface area (Å²) in [4.78, 5) is 0.285. The van der Waals surface area contributed by atoms with Gasteiger partial charge >= 0.3 is 0 Å². The van der Waals surface area contributed by atoms with Gasteiger partial charge in [-0.25, -0.2) is 12.4 Å². The van der Waals surface area contributed by atoms with E-state index in [4.69, 9.17) is 0 Å². The van der Waals surface area contributed by atoms with Crippen LogP contribution < -0.4 is 0 Å². The standard InChI is InChI=1S/C14H9BrINO2S/c15-10-6-7-12-13(16)9-17(14(12)8-10)20(18,19)11-4-2-1-3-5-11/h1-9H. The number of hydrogen-bond acceptors (Lipinski definition) is 2. The van der Waals surface area contributed by atoms with Gasteiger partial charge in [-0.05, 0) is 46.9 Å². The number of fused-ring (bicyclic) bond motifs is 1. The molecule has 0 N–H and O–H groups in total. The monoisotopic (exact) mass is 461 g/mol. The predicted molar refractivity (Wildman–Crippen MR) is 91.4 cm³/mol. The van der Waals surface area contributed by atoms with Gasteiger partial charge in [0.1, 0.15) is 0 Å². The molecule has 0 aliphatic heterocycles. The quantitative estimate of drug-likeness (QED) is 0.535. The molecule has 0 saturated heterocycles. The van der Waals surface area contributed by atoms with Gasteiger partial charge in [0.15, 0.2) is 0 Å². The molecule has 1 aromatic heterocycles. The third-order valence-electron chi connectivity index (χ3n) is 2.99. The van der Waals surface area contributed by atoms with E-state index in [9.17, 15) is 8.42 Å². The van der Waals surface area contributed by atoms with Crippen molar-refractivity contribution in [3.63, 3.8) is 0 Å². The maximum atomic E-state index is 12.7. The van der Waals surface area contributed by atoms with E-state index in [0.29, 0.717) is 5.52 Å². The first kappa shape index (κ1) is 14.1. The molecule has 0 atom stereocenters. The molecule has 2 aromatic carbocycles. The van der Waals surface area contributed by atoms with Gasteiger partial charge in [0.2, 0.25) is 0 Å². The number of aromatic nitrogens is 1. The van der Waals surface area contributed by atoms with E-state index < -0.39 is 10.0 Å². The zero-order chi connectivity index (χ0) is 14.3. The molecule has 3 rings (SSSR count). The Balaban J connectivity index is 2.33. The fourth-order valence-corrected chi connectivity index (χ4v) is 4.69. The molecule has 0 unspecified atom stereocenters. The summed E-state index contributed by atoms with van der Waals surface area (Å²) in [5, 5.41) is 0.924. The molecule has 0 spiro atoms. The van der Waals surface area contributed by atoms with Crippen molar-refractivity contribution < 1.29 is 8.42 Å². The second-order valence-corrected chi connectivity index (χ2v) is 8.15. The fourth-order valence-electron chi connectivity index (χ4n) is 2.04. The van der Waals surface area contributed by atoms with E-state index >= 15 is 0 Å². The lowest BCUT2D eigenvalue weighted by molar-refractivity contribution is 0.589. The van der Waals surface area contributed by atoms with Crippen molar-refractivity contribution in [1.29, 1.82) is 0 Å². The highest BCUT2D eigenvalue weighted by Gasteiger charge is 2.20. The minimum atomic E-state index is -3.57. The van der Waals surface area contributed by atoms with Crippen molar-refractivity contribution in [2.24, 2.45) is 0 Å². The van der Waals surface area contributed by atoms with E-state index in [1.165, 1.54) is 3.97 Å². The molecule has 0 amide bonds. The normalized spacial score (nSPS) is 11.9. The summed E-state index contributed by atoms with van der Waals surface area (Å²) in [7, 11) is -3.57. The Morgan fingerprint density at radius 1 is 1.05 bits per heavy atom. The molecule has 3 nitrogen and oxygen atoms in total. The number of halogens is 2. The molecule has 0 bridgehead atoms. The zero-order valence-corrected chi connectivity index (χ0v) is 14.7. The molecular weight excluding hydrogens is 453 g/mol. The highest BCUT2D eigenvalue weighted by molar-refractivity contribution is 14.1. The molecule has 102 valence electrons. The summed E-state index contributed by atoms with van der Waals surface area (Å²) in [6, 6.07) is 14.1. The van der Waals surface area contributed by atoms with Crippen molar-refractivity contribution in [2.75, 3.05) is 0 Å². The van der Waals surface area contributed by atoms with Gasteiger partial charge in [0.25, 0.3) is 10.0 Å². The van der Waals surface area contributed by atoms with Crippen LogP contribution in [0.2, 0.25) is 0 Å². The topological polar surface area (TPSA) is 39.1 Å². The van der Waals surface area contributed by atoms with Crippen LogP contribution in [0.15, 0.2) is 64.1 Å². The van der Waals surface area contributed by atoms with Crippen molar-refractivity contribution in [1.82, 2.24) is 3.97 Å². The average molecular weight is 462 g/mol. The van der Waals surface area contributed by atoms with Gasteiger partial charge in [0.05, 0.1) is 10.4 Å². The van der Waals surface area contributed by atoms with Gasteiger partial charge < -0.3 is 0 Å². The number of nitrogens with zero attached hydrogens (tertiary/aromatic N) is 1. The van der Waals surface area contributed by atoms with Crippen LogP contribution >= 0.6 is 38.5 Å². The molecule has 0 aliphatic carbocycles. The van der Waals surface area contributed by atoms with Crippen LogP contribution in [0.25, 0.3) is 10.9 Å². The Kier molecular flexibility index (Phi) is 3.64. The van der Waals surface area contributed by atoms with Crippen LogP contribution in [0, 0.1) is 3.57 Å². The van der Waals surface area contributed by atoms with E-state index in [1.807, 2.05) is 18.2 Å². The summed E-state index contributed by atoms with van der Waals surface area (Å²) < 4.78 is 28.5. The fraction of sp³-hybridized carbons (Fsp3) is 0. The van der Waals surface area contributed by atoms with Gasteiger partial charge in [-0.2, -0.15) is 0 Å². The van der Waals surface area contributed by atoms with Gasteiger partial charge in [0, 0.05) is 19.6 Å². The van der Waals surface area contributed by atoms with Crippen LogP contribution in [0.4, 0.5) is 0 Å². The third-order valence-corrected chi connectivity index (χ3v) is 6.03. The minimum Gasteiger partial charge on any atom is -0.240 e. The lowest BCUT2D eigenvalue weighted by Gasteiger charge is -2.07. The average Bonchev–Trinajstić information content (AvgIpc) is 2.77. The van der Waals surface area contributed by atoms with E-state index in [1.54, 1.807) is 36.5 Å². The van der Waals surface area contributed by atoms with Crippen LogP contribution in [-0.4, -0.2) is 12.4 Å². The van der Waals surface area contributed by atoms with Crippen molar-refractivity contribution in [2.45, 2.75) is 4.90 Å². The summed E-state index contributed by atoms with van der Waals surface area (Å²) in [6.07, 6.45) is 1.65. The molecule has 0 fully saturated rings. The van der Waals surface area contributed by atoms with Gasteiger partial charge in [-0.3, -0.25) is 0 Å². The van der Waals surface area contributed by atoms with Crippen LogP contribution in [0.3, 0.4) is 0 Å². The third kappa shape index (κ3) is 2.29. The number of rotatable bonds is 2. The summed E-state index contributed by atoms with van der Waals surface area (Å²) in [6.45, 7) is 0. The van der Waals surface area contributed by atoms with Crippen LogP contribution in [0.1, 0.15) is 0 Å². The highest BCUT2D eigenvalue weighted by Crippen LogP contribution is 2.29. The molecule has 6 heteroatoms. The first-order chi connectivity index (χ1) is 9.50. The second-order valence-electron chi connectivity index (χ2n) is 4.25. The maximum Gasteiger partial charge on any atom is 0.268 e. The molecule has 3 aromatic rings. The largest absolute Gasteiger partial charge is 0.268 e. The molecule has 0 aliphatic rings. The van der Waals surface area contributed by atoms with Crippen LogP contribution in [-0.2, 0) is 10.0 Å². The maximum absolute atomic E-state index is 12.7. The van der Waals surface area contributed by atoms with Gasteiger partial charge in [-0.1, -0.05) is 40.2 Å². The van der Waals surface area contributed by atoms with E-state index in [2.05, 4.69) is 38.5 Å². The smallest absolute Gasteiger partial charge is 0.240 e. The van der Waals surface area contributed by atoms with E-state index in [-0.39, 0.29) is 4.90 Å². The summed E-state index contributed by atoms with van der Waals surface area (Å²) in [5.41, 5.74) is 0.674. The molecule has 1 heterocycles. The van der Waals surface area contributed by atoms with Crippen molar-refractivity contribution >= 4 is 59.4 Å². The van der Waals surface area contributed by atoms with Crippen LogP contribution in [0.5, 0.6) is 0 Å². The lowest BCUT2D eigenvalue weighted by Crippen LogP contribution is -2.11. The Morgan fingerprint density at radius 3 is 2.45 bits per heavy atom. The first-order valence-corrected chi connectivity index (χ1v) is 9.08. The molecular formula is C14H9BrINO2S. The Hall–Kier alpha value is -0.860. The predicted octanol–water partition coefficient (Wildman–Crippen LogP) is 4.25. The lowest BCUT2D eigenvalue weighted by atomic mass is 10.3. The van der Waals surface area contributed by atoms with Crippen molar-refractivity contribution in [3.05, 3.63) is 62.8 Å². The Labute approximate surface area is 138 Å². The summed E-state index contributed by atoms with van der Waals surface area (Å²) >= 11 is 5.54. The Bertz CT molecular complexity index is 888. The van der Waals surface area contributed by atoms with E-state index in [0.717, 1.165) is 13.4 Å². The minimum absolute atomic E-state index is 0.285. The first-order valence-electron chi connectivity index (χ1n) is 5.77. The van der Waals surface area contributed by atoms with Crippen molar-refractivity contribution in [3.8, 4) is 0 Å². The zero-order valence-electron chi connectivity index (χ0n) is 10.1. The molecule has 0 saturated carbocycles. The second kappa shape index (κ2) is 5.16. The van der Waals surface area contributed by atoms with Gasteiger partial charge in [-0.15, -0.1) is 0 Å². The highest BCUT2D eigenvalue weighted by atomic mass is 127. The Morgan fingerprint density at radius 2 is 1.75 bits per heavy atom. The summed E-state index contributed by atoms with van der Waals surface area (Å²) in [5.74, 6) is 0. The number of benzene rings is 2. The number of hydrogen-bond donors (Lipinski definition) is 0.